The fourth-order valence-electron chi connectivity index (χ4n) is 1.63. The number of carbonyl (C=O) groups is 1. The van der Waals surface area contributed by atoms with Crippen LogP contribution < -0.4 is 4.72 Å². The normalized spacial score (nSPS) is 11.5. The molecule has 1 aromatic rings. The van der Waals surface area contributed by atoms with E-state index in [0.29, 0.717) is 0 Å². The highest BCUT2D eigenvalue weighted by Gasteiger charge is 2.20. The number of nitrogens with one attached hydrogen (secondary N) is 1. The Morgan fingerprint density at radius 2 is 2.05 bits per heavy atom. The molecule has 0 fully saturated rings. The van der Waals surface area contributed by atoms with E-state index in [4.69, 9.17) is 14.9 Å². The van der Waals surface area contributed by atoms with Gasteiger partial charge in [0.25, 0.3) is 0 Å². The number of aliphatic hydroxyl groups excluding tert-OH is 1. The Balaban J connectivity index is 2.83. The van der Waals surface area contributed by atoms with Crippen molar-refractivity contribution in [2.24, 2.45) is 0 Å². The minimum Gasteiger partial charge on any atom is -0.478 e. The van der Waals surface area contributed by atoms with Crippen molar-refractivity contribution >= 4 is 16.0 Å². The molecule has 0 aliphatic heterocycles. The maximum Gasteiger partial charge on any atom is 0.335 e. The number of benzene rings is 1. The zero-order valence-corrected chi connectivity index (χ0v) is 11.8. The van der Waals surface area contributed by atoms with Crippen LogP contribution in [0.25, 0.3) is 0 Å². The molecule has 0 unspecified atom stereocenters. The molecule has 1 rings (SSSR count). The van der Waals surface area contributed by atoms with Crippen LogP contribution in [0.5, 0.6) is 0 Å². The van der Waals surface area contributed by atoms with Crippen molar-refractivity contribution in [3.8, 4) is 0 Å². The summed E-state index contributed by atoms with van der Waals surface area (Å²) < 4.78 is 31.4. The molecule has 0 bridgehead atoms. The third kappa shape index (κ3) is 4.27. The number of aromatic carboxylic acids is 1. The van der Waals surface area contributed by atoms with Crippen LogP contribution in [0.3, 0.4) is 0 Å². The second-order valence-electron chi connectivity index (χ2n) is 3.97. The van der Waals surface area contributed by atoms with Gasteiger partial charge in [-0.25, -0.2) is 17.9 Å². The van der Waals surface area contributed by atoms with E-state index in [1.54, 1.807) is 0 Å². The van der Waals surface area contributed by atoms with E-state index in [2.05, 4.69) is 4.72 Å². The van der Waals surface area contributed by atoms with Crippen LogP contribution in [0.2, 0.25) is 0 Å². The lowest BCUT2D eigenvalue weighted by molar-refractivity contribution is 0.0696. The third-order valence-corrected chi connectivity index (χ3v) is 4.18. The monoisotopic (exact) mass is 303 g/mol. The Morgan fingerprint density at radius 1 is 1.35 bits per heavy atom. The van der Waals surface area contributed by atoms with Crippen molar-refractivity contribution in [1.29, 1.82) is 0 Å². The molecule has 0 saturated heterocycles. The van der Waals surface area contributed by atoms with Crippen molar-refractivity contribution in [1.82, 2.24) is 4.72 Å². The molecule has 0 saturated carbocycles. The first kappa shape index (κ1) is 16.6. The van der Waals surface area contributed by atoms with Crippen LogP contribution in [0.15, 0.2) is 23.1 Å². The van der Waals surface area contributed by atoms with Crippen LogP contribution >= 0.6 is 0 Å². The Bertz CT molecular complexity index is 569. The molecule has 0 aliphatic rings. The lowest BCUT2D eigenvalue weighted by atomic mass is 10.1. The minimum absolute atomic E-state index is 0.0407. The van der Waals surface area contributed by atoms with Gasteiger partial charge >= 0.3 is 5.97 Å². The molecular weight excluding hydrogens is 286 g/mol. The number of hydrogen-bond acceptors (Lipinski definition) is 5. The van der Waals surface area contributed by atoms with Gasteiger partial charge in [0.15, 0.2) is 0 Å². The van der Waals surface area contributed by atoms with E-state index in [1.807, 2.05) is 0 Å². The number of carboxylic acid groups (broad SMARTS) is 1. The van der Waals surface area contributed by atoms with Crippen LogP contribution in [-0.2, 0) is 14.8 Å². The predicted molar refractivity (Wildman–Crippen MR) is 71.2 cm³/mol. The number of ether oxygens (including phenoxy) is 1. The van der Waals surface area contributed by atoms with E-state index < -0.39 is 16.0 Å². The molecule has 112 valence electrons. The van der Waals surface area contributed by atoms with Gasteiger partial charge < -0.3 is 14.9 Å². The SMILES string of the molecule is Cc1c(C(=O)O)cccc1S(=O)(=O)NCCOCCO. The first-order chi connectivity index (χ1) is 9.40. The molecule has 0 spiro atoms. The molecule has 3 N–H and O–H groups in total. The van der Waals surface area contributed by atoms with Gasteiger partial charge in [-0.2, -0.15) is 0 Å². The largest absolute Gasteiger partial charge is 0.478 e. The smallest absolute Gasteiger partial charge is 0.335 e. The molecule has 20 heavy (non-hydrogen) atoms. The third-order valence-electron chi connectivity index (χ3n) is 2.58. The Kier molecular flexibility index (Phi) is 6.08. The standard InChI is InChI=1S/C12H17NO6S/c1-9-10(12(15)16)3-2-4-11(9)20(17,18)13-5-7-19-8-6-14/h2-4,13-14H,5-8H2,1H3,(H,15,16). The average Bonchev–Trinajstić information content (AvgIpc) is 2.38. The number of carboxylic acids is 1. The molecule has 7 nitrogen and oxygen atoms in total. The summed E-state index contributed by atoms with van der Waals surface area (Å²) in [5.74, 6) is -1.18. The Morgan fingerprint density at radius 3 is 2.65 bits per heavy atom. The fourth-order valence-corrected chi connectivity index (χ4v) is 2.91. The van der Waals surface area contributed by atoms with E-state index in [-0.39, 0.29) is 42.4 Å². The van der Waals surface area contributed by atoms with Gasteiger partial charge in [0.1, 0.15) is 0 Å². The Labute approximate surface area is 117 Å². The molecule has 0 radical (unpaired) electrons. The summed E-state index contributed by atoms with van der Waals surface area (Å²) in [7, 11) is -3.79. The summed E-state index contributed by atoms with van der Waals surface area (Å²) in [6.45, 7) is 1.61. The Hall–Kier alpha value is -1.48. The quantitative estimate of drug-likeness (QED) is 0.582. The van der Waals surface area contributed by atoms with Gasteiger partial charge in [0.2, 0.25) is 10.0 Å². The second-order valence-corrected chi connectivity index (χ2v) is 5.70. The topological polar surface area (TPSA) is 113 Å². The molecular formula is C12H17NO6S. The van der Waals surface area contributed by atoms with Crippen molar-refractivity contribution in [3.05, 3.63) is 29.3 Å². The van der Waals surface area contributed by atoms with Crippen molar-refractivity contribution in [2.45, 2.75) is 11.8 Å². The summed E-state index contributed by atoms with van der Waals surface area (Å²) in [5, 5.41) is 17.5. The van der Waals surface area contributed by atoms with Gasteiger partial charge in [-0.3, -0.25) is 0 Å². The summed E-state index contributed by atoms with van der Waals surface area (Å²) >= 11 is 0. The number of hydrogen-bond donors (Lipinski definition) is 3. The first-order valence-electron chi connectivity index (χ1n) is 5.91. The second kappa shape index (κ2) is 7.34. The average molecular weight is 303 g/mol. The lowest BCUT2D eigenvalue weighted by Crippen LogP contribution is -2.28. The molecule has 0 amide bonds. The van der Waals surface area contributed by atoms with E-state index >= 15 is 0 Å². The van der Waals surface area contributed by atoms with E-state index in [9.17, 15) is 13.2 Å². The van der Waals surface area contributed by atoms with Crippen LogP contribution in [0.1, 0.15) is 15.9 Å². The molecule has 8 heteroatoms. The van der Waals surface area contributed by atoms with E-state index in [1.165, 1.54) is 25.1 Å². The zero-order valence-electron chi connectivity index (χ0n) is 11.0. The van der Waals surface area contributed by atoms with E-state index in [0.717, 1.165) is 0 Å². The summed E-state index contributed by atoms with van der Waals surface area (Å²) in [6.07, 6.45) is 0. The summed E-state index contributed by atoms with van der Waals surface area (Å²) in [5.41, 5.74) is 0.133. The van der Waals surface area contributed by atoms with Crippen molar-refractivity contribution in [2.75, 3.05) is 26.4 Å². The molecule has 0 aliphatic carbocycles. The van der Waals surface area contributed by atoms with Crippen LogP contribution in [-0.4, -0.2) is 51.0 Å². The highest BCUT2D eigenvalue weighted by molar-refractivity contribution is 7.89. The van der Waals surface area contributed by atoms with Gasteiger partial charge in [-0.05, 0) is 24.6 Å². The first-order valence-corrected chi connectivity index (χ1v) is 7.39. The number of aliphatic hydroxyl groups is 1. The maximum atomic E-state index is 12.1. The van der Waals surface area contributed by atoms with Gasteiger partial charge in [0.05, 0.1) is 30.3 Å². The van der Waals surface area contributed by atoms with Crippen LogP contribution in [0, 0.1) is 6.92 Å². The fraction of sp³-hybridized carbons (Fsp3) is 0.417. The highest BCUT2D eigenvalue weighted by atomic mass is 32.2. The maximum absolute atomic E-state index is 12.1. The molecule has 0 atom stereocenters. The minimum atomic E-state index is -3.79. The summed E-state index contributed by atoms with van der Waals surface area (Å²) in [6, 6.07) is 4.08. The molecule has 1 aromatic carbocycles. The van der Waals surface area contributed by atoms with Crippen molar-refractivity contribution in [3.63, 3.8) is 0 Å². The highest BCUT2D eigenvalue weighted by Crippen LogP contribution is 2.18. The van der Waals surface area contributed by atoms with Gasteiger partial charge in [0, 0.05) is 6.54 Å². The zero-order chi connectivity index (χ0) is 15.2. The number of sulfonamides is 1. The number of rotatable bonds is 8. The van der Waals surface area contributed by atoms with Gasteiger partial charge in [-0.1, -0.05) is 6.07 Å². The molecule has 0 aromatic heterocycles. The lowest BCUT2D eigenvalue weighted by Gasteiger charge is -2.11. The molecule has 0 heterocycles. The predicted octanol–water partition coefficient (Wildman–Crippen LogP) is -0.0196. The van der Waals surface area contributed by atoms with Gasteiger partial charge in [-0.15, -0.1) is 0 Å². The van der Waals surface area contributed by atoms with Crippen LogP contribution in [0.4, 0.5) is 0 Å². The summed E-state index contributed by atoms with van der Waals surface area (Å²) in [4.78, 5) is 10.9. The van der Waals surface area contributed by atoms with Crippen molar-refractivity contribution < 1.29 is 28.2 Å².